The Hall–Kier alpha value is -4.89. The highest BCUT2D eigenvalue weighted by molar-refractivity contribution is 6.62. The number of ether oxygens (including phenoxy) is 2. The van der Waals surface area contributed by atoms with Gasteiger partial charge in [-0.05, 0) is 78.2 Å². The number of rotatable bonds is 8. The second kappa shape index (κ2) is 19.9. The van der Waals surface area contributed by atoms with E-state index in [1.165, 1.54) is 0 Å². The van der Waals surface area contributed by atoms with Crippen molar-refractivity contribution in [1.82, 2.24) is 15.5 Å². The van der Waals surface area contributed by atoms with Crippen LogP contribution in [0.3, 0.4) is 0 Å². The molecule has 0 saturated carbocycles. The van der Waals surface area contributed by atoms with E-state index in [0.29, 0.717) is 42.3 Å². The van der Waals surface area contributed by atoms with Gasteiger partial charge in [-0.15, -0.1) is 0 Å². The van der Waals surface area contributed by atoms with E-state index in [1.54, 1.807) is 45.5 Å². The molecule has 14 nitrogen and oxygen atoms in total. The first-order valence-corrected chi connectivity index (χ1v) is 16.0. The van der Waals surface area contributed by atoms with Crippen LogP contribution in [-0.2, 0) is 32.1 Å². The monoisotopic (exact) mass is 691 g/mol. The Bertz CT molecular complexity index is 1590. The van der Waals surface area contributed by atoms with Gasteiger partial charge < -0.3 is 49.5 Å². The van der Waals surface area contributed by atoms with Crippen molar-refractivity contribution in [3.8, 4) is 11.5 Å². The summed E-state index contributed by atoms with van der Waals surface area (Å²) in [5.74, 6) is 0.631. The van der Waals surface area contributed by atoms with Gasteiger partial charge in [-0.2, -0.15) is 0 Å². The fourth-order valence-electron chi connectivity index (χ4n) is 5.22. The molecule has 5 N–H and O–H groups in total. The van der Waals surface area contributed by atoms with Crippen LogP contribution in [0, 0.1) is 0 Å². The van der Waals surface area contributed by atoms with E-state index in [0.717, 1.165) is 47.5 Å². The first-order valence-electron chi connectivity index (χ1n) is 16.0. The van der Waals surface area contributed by atoms with Crippen LogP contribution in [0.1, 0.15) is 58.0 Å². The van der Waals surface area contributed by atoms with Crippen LogP contribution in [0.25, 0.3) is 0 Å². The number of nitrogens with one attached hydrogen (secondary N) is 2. The third-order valence-corrected chi connectivity index (χ3v) is 8.01. The summed E-state index contributed by atoms with van der Waals surface area (Å²) >= 11 is 0. The summed E-state index contributed by atoms with van der Waals surface area (Å²) in [6.07, 6.45) is 2.60. The first-order chi connectivity index (χ1) is 24.0. The van der Waals surface area contributed by atoms with Crippen molar-refractivity contribution in [2.75, 3.05) is 34.4 Å². The van der Waals surface area contributed by atoms with Crippen LogP contribution < -0.4 is 31.0 Å². The molecule has 50 heavy (non-hydrogen) atoms. The van der Waals surface area contributed by atoms with E-state index in [1.807, 2.05) is 41.3 Å². The number of benzene rings is 3. The van der Waals surface area contributed by atoms with Gasteiger partial charge >= 0.3 is 20.2 Å². The van der Waals surface area contributed by atoms with E-state index >= 15 is 0 Å². The number of aliphatic carboxylic acids is 1. The lowest BCUT2D eigenvalue weighted by Gasteiger charge is -2.21. The van der Waals surface area contributed by atoms with Gasteiger partial charge in [0.15, 0.2) is 0 Å². The molecule has 1 atom stereocenters. The van der Waals surface area contributed by atoms with Crippen LogP contribution in [0.15, 0.2) is 60.7 Å². The van der Waals surface area contributed by atoms with E-state index in [2.05, 4.69) is 17.6 Å². The van der Waals surface area contributed by atoms with E-state index in [-0.39, 0.29) is 24.8 Å². The largest absolute Gasteiger partial charge is 0.497 e. The molecule has 0 aromatic heterocycles. The quantitative estimate of drug-likeness (QED) is 0.127. The summed E-state index contributed by atoms with van der Waals surface area (Å²) in [6, 6.07) is 18.4. The molecule has 3 aromatic rings. The van der Waals surface area contributed by atoms with Gasteiger partial charge in [0.1, 0.15) is 11.5 Å². The van der Waals surface area contributed by atoms with Crippen LogP contribution >= 0.6 is 0 Å². The number of methoxy groups -OCH3 is 2. The van der Waals surface area contributed by atoms with E-state index in [9.17, 15) is 29.2 Å². The van der Waals surface area contributed by atoms with Crippen molar-refractivity contribution in [1.29, 1.82) is 0 Å². The Balaban J connectivity index is 0.000000190. The molecule has 16 heteroatoms. The standard InChI is InChI=1S/C13H16BNO3.C9H10BNO3.C8H10O2.C4H7NO3/c1-9-3-2-6-15(9)13(16)10-4-5-11-8-18-14(17)12(11)7-10;1-11-9(12)6-2-3-7-5-14-10(13)8(7)4-6;1-9-7-4-3-5-8(6-7)10-2;6-3-5-2-1-4(7)8/h4-5,7,9,17H,2-3,6,8H2,1H3;2-4,13H,5H2,1H3,(H,11,12);3-6H,1-2H3;3H,1-2H2,(H,5,6)(H,7,8). The summed E-state index contributed by atoms with van der Waals surface area (Å²) in [4.78, 5) is 44.8. The number of amides is 3. The van der Waals surface area contributed by atoms with Gasteiger partial charge in [0.05, 0.1) is 33.9 Å². The van der Waals surface area contributed by atoms with E-state index in [4.69, 9.17) is 23.9 Å². The minimum Gasteiger partial charge on any atom is -0.497 e. The lowest BCUT2D eigenvalue weighted by Crippen LogP contribution is -2.35. The third kappa shape index (κ3) is 11.3. The molecule has 3 aromatic carbocycles. The molecule has 3 aliphatic heterocycles. The molecule has 3 amide bonds. The lowest BCUT2D eigenvalue weighted by atomic mass is 9.78. The average molecular weight is 691 g/mol. The number of fused-ring (bicyclic) bond motifs is 2. The van der Waals surface area contributed by atoms with Crippen molar-refractivity contribution in [2.24, 2.45) is 0 Å². The number of carbonyl (C=O) groups is 4. The molecule has 1 unspecified atom stereocenters. The topological polar surface area (TPSA) is 193 Å². The molecule has 3 heterocycles. The predicted octanol–water partition coefficient (Wildman–Crippen LogP) is 0.704. The number of carbonyl (C=O) groups excluding carboxylic acids is 3. The highest BCUT2D eigenvalue weighted by atomic mass is 16.5. The zero-order valence-electron chi connectivity index (χ0n) is 28.6. The Morgan fingerprint density at radius 2 is 1.48 bits per heavy atom. The Morgan fingerprint density at radius 3 is 1.96 bits per heavy atom. The SMILES string of the molecule is CC1CCCN1C(=O)c1ccc2c(c1)B(O)OC2.CNC(=O)c1ccc2c(c1)B(O)OC2.COc1cccc(OC)c1.O=CNCCC(=O)O. The van der Waals surface area contributed by atoms with Crippen LogP contribution in [0.5, 0.6) is 11.5 Å². The highest BCUT2D eigenvalue weighted by Gasteiger charge is 2.31. The maximum absolute atomic E-state index is 12.4. The Kier molecular flexibility index (Phi) is 15.8. The molecule has 0 radical (unpaired) electrons. The summed E-state index contributed by atoms with van der Waals surface area (Å²) in [5, 5.41) is 31.8. The van der Waals surface area contributed by atoms with Gasteiger partial charge in [0.2, 0.25) is 6.41 Å². The smallest absolute Gasteiger partial charge is 0.491 e. The van der Waals surface area contributed by atoms with Crippen molar-refractivity contribution in [3.63, 3.8) is 0 Å². The summed E-state index contributed by atoms with van der Waals surface area (Å²) in [6.45, 7) is 3.95. The molecule has 0 spiro atoms. The second-order valence-corrected chi connectivity index (χ2v) is 11.3. The van der Waals surface area contributed by atoms with Crippen LogP contribution in [0.4, 0.5) is 0 Å². The van der Waals surface area contributed by atoms with Crippen molar-refractivity contribution >= 4 is 49.4 Å². The van der Waals surface area contributed by atoms with Gasteiger partial charge in [-0.3, -0.25) is 19.2 Å². The minimum atomic E-state index is -0.903. The van der Waals surface area contributed by atoms with Crippen molar-refractivity contribution < 1.29 is 53.1 Å². The maximum Gasteiger partial charge on any atom is 0.491 e. The fraction of sp³-hybridized carbons (Fsp3) is 0.353. The molecular weight excluding hydrogens is 648 g/mol. The normalized spacial score (nSPS) is 15.1. The van der Waals surface area contributed by atoms with Crippen LogP contribution in [-0.4, -0.2) is 98.9 Å². The highest BCUT2D eigenvalue weighted by Crippen LogP contribution is 2.21. The second-order valence-electron chi connectivity index (χ2n) is 11.3. The van der Waals surface area contributed by atoms with E-state index < -0.39 is 20.2 Å². The number of carboxylic acids is 1. The van der Waals surface area contributed by atoms with Gasteiger partial charge in [0, 0.05) is 43.4 Å². The molecule has 0 bridgehead atoms. The Morgan fingerprint density at radius 1 is 0.920 bits per heavy atom. The number of nitrogens with zero attached hydrogens (tertiary/aromatic N) is 1. The minimum absolute atomic E-state index is 0.0151. The molecule has 3 aliphatic rings. The van der Waals surface area contributed by atoms with Gasteiger partial charge in [-0.25, -0.2) is 0 Å². The number of hydrogen-bond acceptors (Lipinski definition) is 10. The zero-order chi connectivity index (χ0) is 36.6. The predicted molar refractivity (Wildman–Crippen MR) is 187 cm³/mol. The molecular formula is C34H43B2N3O11. The zero-order valence-corrected chi connectivity index (χ0v) is 28.6. The Labute approximate surface area is 292 Å². The average Bonchev–Trinajstić information content (AvgIpc) is 3.85. The fourth-order valence-corrected chi connectivity index (χ4v) is 5.22. The van der Waals surface area contributed by atoms with Crippen LogP contribution in [0.2, 0.25) is 0 Å². The molecule has 1 fully saturated rings. The maximum atomic E-state index is 12.4. The first kappa shape index (κ1) is 39.5. The van der Waals surface area contributed by atoms with Gasteiger partial charge in [0.25, 0.3) is 11.8 Å². The van der Waals surface area contributed by atoms with Crippen molar-refractivity contribution in [3.05, 3.63) is 82.9 Å². The molecule has 266 valence electrons. The summed E-state index contributed by atoms with van der Waals surface area (Å²) in [5.41, 5.74) is 4.50. The number of carboxylic acid groups (broad SMARTS) is 1. The molecule has 0 aliphatic carbocycles. The summed E-state index contributed by atoms with van der Waals surface area (Å²) in [7, 11) is 3.06. The number of likely N-dealkylation sites (tertiary alicyclic amines) is 1. The number of hydrogen-bond donors (Lipinski definition) is 5. The third-order valence-electron chi connectivity index (χ3n) is 8.01. The van der Waals surface area contributed by atoms with Crippen molar-refractivity contribution in [2.45, 2.75) is 45.4 Å². The molecule has 1 saturated heterocycles. The van der Waals surface area contributed by atoms with Gasteiger partial charge in [-0.1, -0.05) is 18.2 Å². The molecule has 6 rings (SSSR count). The lowest BCUT2D eigenvalue weighted by molar-refractivity contribution is -0.136. The summed E-state index contributed by atoms with van der Waals surface area (Å²) < 4.78 is 20.1.